The maximum Gasteiger partial charge on any atom is 0.170 e. The van der Waals surface area contributed by atoms with Crippen molar-refractivity contribution in [1.82, 2.24) is 10.3 Å². The van der Waals surface area contributed by atoms with E-state index in [1.54, 1.807) is 24.0 Å². The first-order valence-electron chi connectivity index (χ1n) is 5.74. The first-order valence-corrected chi connectivity index (χ1v) is 7.14. The number of pyridine rings is 1. The van der Waals surface area contributed by atoms with E-state index in [0.29, 0.717) is 17.9 Å². The van der Waals surface area contributed by atoms with Crippen LogP contribution >= 0.6 is 11.8 Å². The number of nitrogens with zero attached hydrogens (tertiary/aromatic N) is 2. The van der Waals surface area contributed by atoms with Gasteiger partial charge in [-0.2, -0.15) is 11.8 Å². The van der Waals surface area contributed by atoms with Gasteiger partial charge in [-0.15, -0.1) is 0 Å². The number of hydrogen-bond acceptors (Lipinski definition) is 4. The third-order valence-electron chi connectivity index (χ3n) is 2.51. The van der Waals surface area contributed by atoms with Crippen LogP contribution in [-0.4, -0.2) is 37.1 Å². The Morgan fingerprint density at radius 2 is 2.29 bits per heavy atom. The van der Waals surface area contributed by atoms with Gasteiger partial charge in [-0.1, -0.05) is 6.92 Å². The molecule has 0 unspecified atom stereocenters. The molecule has 0 spiro atoms. The van der Waals surface area contributed by atoms with Crippen molar-refractivity contribution in [2.24, 2.45) is 0 Å². The highest BCUT2D eigenvalue weighted by Gasteiger charge is 2.12. The molecule has 1 heterocycles. The molecule has 0 radical (unpaired) electrons. The maximum atomic E-state index is 14.1. The van der Waals surface area contributed by atoms with Gasteiger partial charge in [0.05, 0.1) is 0 Å². The van der Waals surface area contributed by atoms with Gasteiger partial charge in [-0.25, -0.2) is 9.37 Å². The van der Waals surface area contributed by atoms with E-state index in [9.17, 15) is 4.39 Å². The summed E-state index contributed by atoms with van der Waals surface area (Å²) in [5.74, 6) is 1.20. The van der Waals surface area contributed by atoms with Crippen LogP contribution in [0.2, 0.25) is 0 Å². The van der Waals surface area contributed by atoms with E-state index in [1.807, 2.05) is 25.1 Å². The van der Waals surface area contributed by atoms with Crippen LogP contribution < -0.4 is 10.2 Å². The van der Waals surface area contributed by atoms with Crippen molar-refractivity contribution in [3.8, 4) is 0 Å². The van der Waals surface area contributed by atoms with Crippen LogP contribution in [0.1, 0.15) is 12.5 Å². The Hall–Kier alpha value is -0.810. The Balaban J connectivity index is 2.78. The Morgan fingerprint density at radius 1 is 1.53 bits per heavy atom. The van der Waals surface area contributed by atoms with Gasteiger partial charge in [0.15, 0.2) is 11.6 Å². The van der Waals surface area contributed by atoms with E-state index in [0.717, 1.165) is 18.8 Å². The Bertz CT molecular complexity index is 347. The fourth-order valence-corrected chi connectivity index (χ4v) is 1.92. The minimum atomic E-state index is -0.211. The van der Waals surface area contributed by atoms with E-state index in [-0.39, 0.29) is 5.82 Å². The third kappa shape index (κ3) is 4.16. The third-order valence-corrected chi connectivity index (χ3v) is 3.10. The van der Waals surface area contributed by atoms with Crippen LogP contribution in [0, 0.1) is 5.82 Å². The summed E-state index contributed by atoms with van der Waals surface area (Å²) in [6, 6.07) is 1.73. The predicted octanol–water partition coefficient (Wildman–Crippen LogP) is 2.13. The van der Waals surface area contributed by atoms with Gasteiger partial charge in [-0.3, -0.25) is 0 Å². The van der Waals surface area contributed by atoms with Gasteiger partial charge in [-0.05, 0) is 18.9 Å². The number of hydrogen-bond donors (Lipinski definition) is 1. The summed E-state index contributed by atoms with van der Waals surface area (Å²) >= 11 is 1.74. The van der Waals surface area contributed by atoms with Gasteiger partial charge in [0.1, 0.15) is 0 Å². The zero-order valence-corrected chi connectivity index (χ0v) is 11.5. The van der Waals surface area contributed by atoms with Crippen molar-refractivity contribution in [2.75, 3.05) is 37.0 Å². The van der Waals surface area contributed by atoms with Gasteiger partial charge in [0.25, 0.3) is 0 Å². The largest absolute Gasteiger partial charge is 0.356 e. The Morgan fingerprint density at radius 3 is 2.94 bits per heavy atom. The molecule has 0 aliphatic heterocycles. The molecule has 0 saturated heterocycles. The van der Waals surface area contributed by atoms with Crippen molar-refractivity contribution in [1.29, 1.82) is 0 Å². The summed E-state index contributed by atoms with van der Waals surface area (Å²) in [6.07, 6.45) is 3.71. The van der Waals surface area contributed by atoms with Gasteiger partial charge in [0, 0.05) is 37.7 Å². The van der Waals surface area contributed by atoms with E-state index in [4.69, 9.17) is 0 Å². The van der Waals surface area contributed by atoms with Crippen molar-refractivity contribution >= 4 is 17.6 Å². The highest BCUT2D eigenvalue weighted by molar-refractivity contribution is 7.98. The van der Waals surface area contributed by atoms with Crippen LogP contribution in [0.4, 0.5) is 10.2 Å². The molecule has 0 aliphatic rings. The lowest BCUT2D eigenvalue weighted by Gasteiger charge is -2.19. The summed E-state index contributed by atoms with van der Waals surface area (Å²) in [5.41, 5.74) is 0.674. The molecule has 0 fully saturated rings. The van der Waals surface area contributed by atoms with Crippen LogP contribution in [0.5, 0.6) is 0 Å². The molecule has 1 N–H and O–H groups in total. The fourth-order valence-electron chi connectivity index (χ4n) is 1.47. The number of halogens is 1. The summed E-state index contributed by atoms with van der Waals surface area (Å²) in [6.45, 7) is 4.19. The quantitative estimate of drug-likeness (QED) is 0.810. The zero-order chi connectivity index (χ0) is 12.7. The van der Waals surface area contributed by atoms with E-state index >= 15 is 0 Å². The van der Waals surface area contributed by atoms with Crippen LogP contribution in [0.3, 0.4) is 0 Å². The second-order valence-corrected chi connectivity index (χ2v) is 4.79. The molecule has 0 aromatic carbocycles. The minimum Gasteiger partial charge on any atom is -0.356 e. The normalized spacial score (nSPS) is 10.6. The summed E-state index contributed by atoms with van der Waals surface area (Å²) in [4.78, 5) is 5.98. The highest BCUT2D eigenvalue weighted by Crippen LogP contribution is 2.18. The van der Waals surface area contributed by atoms with E-state index in [2.05, 4.69) is 10.3 Å². The van der Waals surface area contributed by atoms with E-state index < -0.39 is 0 Å². The lowest BCUT2D eigenvalue weighted by molar-refractivity contribution is 0.584. The molecule has 1 aromatic heterocycles. The van der Waals surface area contributed by atoms with Gasteiger partial charge >= 0.3 is 0 Å². The number of nitrogens with one attached hydrogen (secondary N) is 1. The molecule has 17 heavy (non-hydrogen) atoms. The first kappa shape index (κ1) is 14.3. The number of thioether (sulfide) groups is 1. The second-order valence-electron chi connectivity index (χ2n) is 3.80. The first-order chi connectivity index (χ1) is 8.20. The van der Waals surface area contributed by atoms with Crippen molar-refractivity contribution in [3.63, 3.8) is 0 Å². The summed E-state index contributed by atoms with van der Waals surface area (Å²) < 4.78 is 14.1. The average Bonchev–Trinajstić information content (AvgIpc) is 2.34. The van der Waals surface area contributed by atoms with E-state index in [1.165, 1.54) is 0 Å². The number of aromatic nitrogens is 1. The van der Waals surface area contributed by atoms with Gasteiger partial charge in [0.2, 0.25) is 0 Å². The lowest BCUT2D eigenvalue weighted by Crippen LogP contribution is -2.23. The molecule has 0 saturated carbocycles. The van der Waals surface area contributed by atoms with Crippen molar-refractivity contribution < 1.29 is 4.39 Å². The summed E-state index contributed by atoms with van der Waals surface area (Å²) in [5, 5.41) is 3.12. The molecule has 3 nitrogen and oxygen atoms in total. The Labute approximate surface area is 107 Å². The summed E-state index contributed by atoms with van der Waals surface area (Å²) in [7, 11) is 1.87. The Kier molecular flexibility index (Phi) is 6.29. The molecule has 0 aliphatic carbocycles. The molecule has 5 heteroatoms. The van der Waals surface area contributed by atoms with Crippen molar-refractivity contribution in [3.05, 3.63) is 23.6 Å². The smallest absolute Gasteiger partial charge is 0.170 e. The SMILES string of the molecule is CCNCc1ccnc(N(C)CCSC)c1F. The molecule has 1 aromatic rings. The standard InChI is InChI=1S/C12H20FN3S/c1-4-14-9-10-5-6-15-12(11(10)13)16(2)7-8-17-3/h5-6,14H,4,7-9H2,1-3H3. The highest BCUT2D eigenvalue weighted by atomic mass is 32.2. The maximum absolute atomic E-state index is 14.1. The average molecular weight is 257 g/mol. The predicted molar refractivity (Wildman–Crippen MR) is 73.2 cm³/mol. The molecule has 96 valence electrons. The lowest BCUT2D eigenvalue weighted by atomic mass is 10.2. The number of anilines is 1. The van der Waals surface area contributed by atoms with Crippen LogP contribution in [0.15, 0.2) is 12.3 Å². The second kappa shape index (κ2) is 7.50. The van der Waals surface area contributed by atoms with Gasteiger partial charge < -0.3 is 10.2 Å². The molecule has 0 amide bonds. The van der Waals surface area contributed by atoms with Crippen LogP contribution in [-0.2, 0) is 6.54 Å². The molecular formula is C12H20FN3S. The molecular weight excluding hydrogens is 237 g/mol. The number of rotatable bonds is 7. The molecule has 0 bridgehead atoms. The molecule has 0 atom stereocenters. The molecule has 1 rings (SSSR count). The fraction of sp³-hybridized carbons (Fsp3) is 0.583. The van der Waals surface area contributed by atoms with Crippen LogP contribution in [0.25, 0.3) is 0 Å². The topological polar surface area (TPSA) is 28.2 Å². The van der Waals surface area contributed by atoms with Crippen molar-refractivity contribution in [2.45, 2.75) is 13.5 Å². The monoisotopic (exact) mass is 257 g/mol. The zero-order valence-electron chi connectivity index (χ0n) is 10.7. The minimum absolute atomic E-state index is 0.211.